The monoisotopic (exact) mass is 590 g/mol. The summed E-state index contributed by atoms with van der Waals surface area (Å²) in [6.45, 7) is 21.8. The first kappa shape index (κ1) is 33.7. The Morgan fingerprint density at radius 1 is 0.343 bits per heavy atom. The van der Waals surface area contributed by atoms with Gasteiger partial charge in [-0.1, -0.05) is 34.6 Å². The molecular weight excluding hydrogens is 541 g/mol. The minimum atomic E-state index is -3.35. The van der Waals surface area contributed by atoms with Crippen LogP contribution in [-0.2, 0) is 42.7 Å². The molecule has 0 radical (unpaired) electrons. The van der Waals surface area contributed by atoms with Gasteiger partial charge in [0.1, 0.15) is 0 Å². The third kappa shape index (κ3) is 11.9. The summed E-state index contributed by atoms with van der Waals surface area (Å²) < 4.78 is 64.4. The SMILES string of the molecule is CCCO[Si]1(C)O[Si](C)(OCCC)O[Si](C)(OCCC)O[Si](C)(OCCC)O[Si](C)(OCCC)O1. The number of rotatable bonds is 15. The van der Waals surface area contributed by atoms with Gasteiger partial charge in [0.25, 0.3) is 0 Å². The van der Waals surface area contributed by atoms with Gasteiger partial charge in [-0.2, -0.15) is 0 Å². The largest absolute Gasteiger partial charge is 0.482 e. The van der Waals surface area contributed by atoms with Crippen LogP contribution in [0.3, 0.4) is 0 Å². The Morgan fingerprint density at radius 3 is 0.600 bits per heavy atom. The number of hydrogen-bond acceptors (Lipinski definition) is 10. The maximum atomic E-state index is 6.62. The lowest BCUT2D eigenvalue weighted by Crippen LogP contribution is -2.70. The molecule has 0 atom stereocenters. The van der Waals surface area contributed by atoms with Crippen molar-refractivity contribution in [3.8, 4) is 0 Å². The summed E-state index contributed by atoms with van der Waals surface area (Å²) in [5.74, 6) is 0. The zero-order chi connectivity index (χ0) is 26.6. The van der Waals surface area contributed by atoms with Gasteiger partial charge in [-0.25, -0.2) is 0 Å². The summed E-state index contributed by atoms with van der Waals surface area (Å²) in [5, 5.41) is 0. The molecular formula is C20H50O10Si5. The van der Waals surface area contributed by atoms with E-state index in [0.29, 0.717) is 33.0 Å². The van der Waals surface area contributed by atoms with Crippen molar-refractivity contribution in [2.75, 3.05) is 33.0 Å². The van der Waals surface area contributed by atoms with E-state index in [9.17, 15) is 0 Å². The molecule has 1 saturated heterocycles. The molecule has 0 aliphatic carbocycles. The average molecular weight is 591 g/mol. The molecule has 1 fully saturated rings. The Hall–Kier alpha value is 0.684. The highest BCUT2D eigenvalue weighted by molar-refractivity contribution is 6.88. The molecule has 0 amide bonds. The standard InChI is InChI=1S/C20H50O10Si5/c1-11-16-21-31(6)26-32(7,22-17-12-2)28-34(9,24-19-14-4)30-35(10,25-20-15-5)29-33(8,27-31)23-18-13-3/h11-20H2,1-10H3. The molecule has 0 bridgehead atoms. The highest BCUT2D eigenvalue weighted by Crippen LogP contribution is 2.33. The Bertz CT molecular complexity index is 477. The van der Waals surface area contributed by atoms with E-state index < -0.39 is 44.0 Å². The Kier molecular flexibility index (Phi) is 14.8. The van der Waals surface area contributed by atoms with Crippen LogP contribution in [0.4, 0.5) is 0 Å². The summed E-state index contributed by atoms with van der Waals surface area (Å²) in [4.78, 5) is 0. The smallest absolute Gasteiger partial charge is 0.375 e. The van der Waals surface area contributed by atoms with Gasteiger partial charge in [0.2, 0.25) is 0 Å². The van der Waals surface area contributed by atoms with Crippen LogP contribution in [0.25, 0.3) is 0 Å². The first-order chi connectivity index (χ1) is 16.3. The van der Waals surface area contributed by atoms with E-state index in [1.807, 2.05) is 67.4 Å². The van der Waals surface area contributed by atoms with Crippen LogP contribution >= 0.6 is 0 Å². The predicted molar refractivity (Wildman–Crippen MR) is 145 cm³/mol. The van der Waals surface area contributed by atoms with Crippen LogP contribution < -0.4 is 0 Å². The maximum absolute atomic E-state index is 6.62. The van der Waals surface area contributed by atoms with Crippen molar-refractivity contribution in [2.45, 2.75) is 99.5 Å². The second kappa shape index (κ2) is 15.3. The molecule has 1 rings (SSSR count). The van der Waals surface area contributed by atoms with Crippen LogP contribution in [0.2, 0.25) is 32.7 Å². The van der Waals surface area contributed by atoms with Gasteiger partial charge in [-0.3, -0.25) is 0 Å². The lowest BCUT2D eigenvalue weighted by molar-refractivity contribution is 0.0235. The molecule has 210 valence electrons. The average Bonchev–Trinajstić information content (AvgIpc) is 2.76. The van der Waals surface area contributed by atoms with Crippen LogP contribution in [0.5, 0.6) is 0 Å². The highest BCUT2D eigenvalue weighted by Gasteiger charge is 2.63. The van der Waals surface area contributed by atoms with Crippen LogP contribution in [0.1, 0.15) is 66.7 Å². The number of hydrogen-bond donors (Lipinski definition) is 0. The highest BCUT2D eigenvalue weighted by atomic mass is 28.6. The van der Waals surface area contributed by atoms with Crippen molar-refractivity contribution in [1.29, 1.82) is 0 Å². The van der Waals surface area contributed by atoms with E-state index in [2.05, 4.69) is 0 Å². The molecule has 1 heterocycles. The van der Waals surface area contributed by atoms with Gasteiger partial charge in [0.05, 0.1) is 0 Å². The van der Waals surface area contributed by atoms with Gasteiger partial charge in [-0.15, -0.1) is 0 Å². The van der Waals surface area contributed by atoms with E-state index in [1.165, 1.54) is 0 Å². The topological polar surface area (TPSA) is 92.3 Å². The van der Waals surface area contributed by atoms with E-state index >= 15 is 0 Å². The van der Waals surface area contributed by atoms with Gasteiger partial charge < -0.3 is 42.7 Å². The molecule has 0 saturated carbocycles. The van der Waals surface area contributed by atoms with Crippen LogP contribution in [0.15, 0.2) is 0 Å². The van der Waals surface area contributed by atoms with E-state index in [-0.39, 0.29) is 0 Å². The molecule has 0 aromatic heterocycles. The molecule has 0 unspecified atom stereocenters. The van der Waals surface area contributed by atoms with Crippen molar-refractivity contribution in [1.82, 2.24) is 0 Å². The van der Waals surface area contributed by atoms with Crippen LogP contribution in [-0.4, -0.2) is 77.1 Å². The van der Waals surface area contributed by atoms with Gasteiger partial charge in [0.15, 0.2) is 0 Å². The molecule has 15 heteroatoms. The quantitative estimate of drug-likeness (QED) is 0.241. The normalized spacial score (nSPS) is 36.9. The van der Waals surface area contributed by atoms with E-state index in [0.717, 1.165) is 32.1 Å². The summed E-state index contributed by atoms with van der Waals surface area (Å²) in [5.41, 5.74) is 0. The van der Waals surface area contributed by atoms with Crippen molar-refractivity contribution in [3.05, 3.63) is 0 Å². The third-order valence-corrected chi connectivity index (χ3v) is 23.2. The maximum Gasteiger partial charge on any atom is 0.482 e. The molecule has 1 aliphatic rings. The third-order valence-electron chi connectivity index (χ3n) is 4.70. The lowest BCUT2D eigenvalue weighted by Gasteiger charge is -2.46. The molecule has 0 spiro atoms. The second-order valence-electron chi connectivity index (χ2n) is 9.06. The molecule has 0 aromatic carbocycles. The zero-order valence-corrected chi connectivity index (χ0v) is 28.7. The van der Waals surface area contributed by atoms with Gasteiger partial charge >= 0.3 is 44.0 Å². The minimum absolute atomic E-state index is 0.470. The van der Waals surface area contributed by atoms with Crippen molar-refractivity contribution >= 4 is 44.0 Å². The Morgan fingerprint density at radius 2 is 0.486 bits per heavy atom. The fourth-order valence-electron chi connectivity index (χ4n) is 3.52. The first-order valence-corrected chi connectivity index (χ1v) is 24.2. The predicted octanol–water partition coefficient (Wildman–Crippen LogP) is 5.06. The molecule has 0 N–H and O–H groups in total. The summed E-state index contributed by atoms with van der Waals surface area (Å²) in [6.07, 6.45) is 4.03. The van der Waals surface area contributed by atoms with Crippen molar-refractivity contribution in [2.24, 2.45) is 0 Å². The molecule has 10 nitrogen and oxygen atoms in total. The van der Waals surface area contributed by atoms with Crippen molar-refractivity contribution < 1.29 is 42.7 Å². The summed E-state index contributed by atoms with van der Waals surface area (Å²) in [7, 11) is -16.8. The van der Waals surface area contributed by atoms with Crippen molar-refractivity contribution in [3.63, 3.8) is 0 Å². The Labute approximate surface area is 219 Å². The fraction of sp³-hybridized carbons (Fsp3) is 1.00. The van der Waals surface area contributed by atoms with Crippen LogP contribution in [0, 0.1) is 0 Å². The zero-order valence-electron chi connectivity index (χ0n) is 23.7. The molecule has 1 aliphatic heterocycles. The molecule has 35 heavy (non-hydrogen) atoms. The molecule has 0 aromatic rings. The van der Waals surface area contributed by atoms with Gasteiger partial charge in [-0.05, 0) is 32.1 Å². The minimum Gasteiger partial charge on any atom is -0.375 e. The summed E-state index contributed by atoms with van der Waals surface area (Å²) >= 11 is 0. The van der Waals surface area contributed by atoms with Gasteiger partial charge in [0, 0.05) is 65.8 Å². The lowest BCUT2D eigenvalue weighted by atomic mass is 10.5. The van der Waals surface area contributed by atoms with E-state index in [1.54, 1.807) is 0 Å². The first-order valence-electron chi connectivity index (χ1n) is 13.0. The van der Waals surface area contributed by atoms with E-state index in [4.69, 9.17) is 42.7 Å². The second-order valence-corrected chi connectivity index (χ2v) is 23.2. The Balaban J connectivity index is 3.62. The fourth-order valence-corrected chi connectivity index (χ4v) is 24.9. The summed E-state index contributed by atoms with van der Waals surface area (Å²) in [6, 6.07) is 0.